The number of aliphatic hydroxyl groups excluding tert-OH is 1. The van der Waals surface area contributed by atoms with Gasteiger partial charge in [-0.25, -0.2) is 4.98 Å². The van der Waals surface area contributed by atoms with Crippen molar-refractivity contribution in [1.29, 1.82) is 0 Å². The fourth-order valence-electron chi connectivity index (χ4n) is 4.13. The van der Waals surface area contributed by atoms with E-state index in [2.05, 4.69) is 50.5 Å². The monoisotopic (exact) mass is 364 g/mol. The van der Waals surface area contributed by atoms with E-state index in [1.54, 1.807) is 0 Å². The number of H-pyrrole nitrogens is 1. The third-order valence-electron chi connectivity index (χ3n) is 5.46. The van der Waals surface area contributed by atoms with E-state index in [1.807, 2.05) is 18.3 Å². The molecule has 5 heteroatoms. The Morgan fingerprint density at radius 3 is 2.78 bits per heavy atom. The molecule has 1 aliphatic rings. The van der Waals surface area contributed by atoms with Gasteiger partial charge in [0, 0.05) is 49.4 Å². The molecule has 0 bridgehead atoms. The molecular formula is C22H28N4O. The molecule has 0 saturated carbocycles. The quantitative estimate of drug-likeness (QED) is 0.603. The summed E-state index contributed by atoms with van der Waals surface area (Å²) in [4.78, 5) is 10.5. The van der Waals surface area contributed by atoms with Crippen LogP contribution in [0.3, 0.4) is 0 Å². The fraction of sp³-hybridized carbons (Fsp3) is 0.409. The van der Waals surface area contributed by atoms with Gasteiger partial charge in [-0.15, -0.1) is 0 Å². The Bertz CT molecular complexity index is 855. The molecule has 27 heavy (non-hydrogen) atoms. The molecular weight excluding hydrogens is 336 g/mol. The van der Waals surface area contributed by atoms with Crippen LogP contribution in [0.5, 0.6) is 0 Å². The summed E-state index contributed by atoms with van der Waals surface area (Å²) in [6, 6.07) is 14.6. The molecule has 3 aromatic rings. The highest BCUT2D eigenvalue weighted by atomic mass is 16.3. The number of piperidine rings is 1. The maximum atomic E-state index is 9.60. The maximum absolute atomic E-state index is 9.60. The van der Waals surface area contributed by atoms with E-state index in [9.17, 15) is 5.11 Å². The zero-order chi connectivity index (χ0) is 18.5. The number of rotatable bonds is 7. The normalized spacial score (nSPS) is 17.6. The van der Waals surface area contributed by atoms with Gasteiger partial charge in [-0.05, 0) is 42.6 Å². The Balaban J connectivity index is 1.65. The average molecular weight is 364 g/mol. The van der Waals surface area contributed by atoms with E-state index in [0.717, 1.165) is 31.8 Å². The lowest BCUT2D eigenvalue weighted by atomic mass is 9.93. The van der Waals surface area contributed by atoms with Gasteiger partial charge in [-0.1, -0.05) is 30.3 Å². The van der Waals surface area contributed by atoms with Crippen molar-refractivity contribution in [1.82, 2.24) is 20.2 Å². The second kappa shape index (κ2) is 8.65. The molecule has 1 aliphatic heterocycles. The summed E-state index contributed by atoms with van der Waals surface area (Å²) in [6.45, 7) is 4.58. The minimum atomic E-state index is 0.160. The Morgan fingerprint density at radius 1 is 1.11 bits per heavy atom. The van der Waals surface area contributed by atoms with E-state index >= 15 is 0 Å². The summed E-state index contributed by atoms with van der Waals surface area (Å²) >= 11 is 0. The van der Waals surface area contributed by atoms with E-state index in [0.29, 0.717) is 12.5 Å². The number of aromatic amines is 1. The number of aromatic nitrogens is 2. The first-order valence-corrected chi connectivity index (χ1v) is 9.88. The van der Waals surface area contributed by atoms with Crippen LogP contribution in [0.1, 0.15) is 35.6 Å². The Hall–Kier alpha value is -2.21. The second-order valence-corrected chi connectivity index (χ2v) is 7.38. The summed E-state index contributed by atoms with van der Waals surface area (Å²) in [6.07, 6.45) is 4.25. The number of hydrogen-bond acceptors (Lipinski definition) is 4. The van der Waals surface area contributed by atoms with E-state index in [-0.39, 0.29) is 6.61 Å². The predicted molar refractivity (Wildman–Crippen MR) is 109 cm³/mol. The third kappa shape index (κ3) is 4.21. The zero-order valence-electron chi connectivity index (χ0n) is 15.7. The molecule has 4 rings (SSSR count). The summed E-state index contributed by atoms with van der Waals surface area (Å²) in [5.41, 5.74) is 4.88. The molecule has 3 heterocycles. The molecule has 1 atom stereocenters. The van der Waals surface area contributed by atoms with Gasteiger partial charge in [0.1, 0.15) is 5.65 Å². The van der Waals surface area contributed by atoms with Crippen LogP contribution >= 0.6 is 0 Å². The van der Waals surface area contributed by atoms with Gasteiger partial charge in [0.25, 0.3) is 0 Å². The molecule has 0 spiro atoms. The van der Waals surface area contributed by atoms with Gasteiger partial charge >= 0.3 is 0 Å². The number of nitrogens with zero attached hydrogens (tertiary/aromatic N) is 2. The molecule has 1 fully saturated rings. The topological polar surface area (TPSA) is 64.2 Å². The molecule has 2 aromatic heterocycles. The molecule has 1 saturated heterocycles. The van der Waals surface area contributed by atoms with Crippen LogP contribution in [-0.4, -0.2) is 46.2 Å². The lowest BCUT2D eigenvalue weighted by Gasteiger charge is -2.26. The highest BCUT2D eigenvalue weighted by Gasteiger charge is 2.23. The highest BCUT2D eigenvalue weighted by Crippen LogP contribution is 2.31. The molecule has 0 radical (unpaired) electrons. The van der Waals surface area contributed by atoms with Crippen LogP contribution in [0.4, 0.5) is 0 Å². The number of aliphatic hydroxyl groups is 1. The number of nitrogens with one attached hydrogen (secondary N) is 2. The Kier molecular flexibility index (Phi) is 5.82. The average Bonchev–Trinajstić information content (AvgIpc) is 3.08. The van der Waals surface area contributed by atoms with Gasteiger partial charge < -0.3 is 15.4 Å². The smallest absolute Gasteiger partial charge is 0.137 e. The molecule has 0 unspecified atom stereocenters. The van der Waals surface area contributed by atoms with Gasteiger partial charge in [0.2, 0.25) is 0 Å². The highest BCUT2D eigenvalue weighted by molar-refractivity contribution is 5.81. The minimum Gasteiger partial charge on any atom is -0.395 e. The van der Waals surface area contributed by atoms with E-state index < -0.39 is 0 Å². The summed E-state index contributed by atoms with van der Waals surface area (Å²) in [5.74, 6) is 0.496. The summed E-state index contributed by atoms with van der Waals surface area (Å²) in [7, 11) is 0. The van der Waals surface area contributed by atoms with Crippen LogP contribution < -0.4 is 5.32 Å². The Labute approximate surface area is 160 Å². The SMILES string of the molecule is OCCN(Cc1ccccc1)Cc1c([C@H]2CCCNC2)[nH]c2ncccc12. The molecule has 0 aliphatic carbocycles. The standard InChI is InChI=1S/C22H28N4O/c27-13-12-26(15-17-6-2-1-3-7-17)16-20-19-9-5-11-24-22(19)25-21(20)18-8-4-10-23-14-18/h1-3,5-7,9,11,18,23,27H,4,8,10,12-16H2,(H,24,25)/t18-/m0/s1. The number of hydrogen-bond donors (Lipinski definition) is 3. The van der Waals surface area contributed by atoms with Crippen LogP contribution in [0, 0.1) is 0 Å². The summed E-state index contributed by atoms with van der Waals surface area (Å²) in [5, 5.41) is 14.3. The van der Waals surface area contributed by atoms with Gasteiger partial charge in [-0.3, -0.25) is 4.90 Å². The first-order valence-electron chi connectivity index (χ1n) is 9.88. The van der Waals surface area contributed by atoms with Crippen LogP contribution in [-0.2, 0) is 13.1 Å². The fourth-order valence-corrected chi connectivity index (χ4v) is 4.13. The van der Waals surface area contributed by atoms with Crippen molar-refractivity contribution >= 4 is 11.0 Å². The van der Waals surface area contributed by atoms with Crippen LogP contribution in [0.2, 0.25) is 0 Å². The van der Waals surface area contributed by atoms with Crippen molar-refractivity contribution in [3.05, 3.63) is 65.5 Å². The number of fused-ring (bicyclic) bond motifs is 1. The van der Waals surface area contributed by atoms with E-state index in [1.165, 1.54) is 35.0 Å². The Morgan fingerprint density at radius 2 is 2.00 bits per heavy atom. The van der Waals surface area contributed by atoms with E-state index in [4.69, 9.17) is 0 Å². The second-order valence-electron chi connectivity index (χ2n) is 7.38. The third-order valence-corrected chi connectivity index (χ3v) is 5.46. The number of pyridine rings is 1. The molecule has 142 valence electrons. The van der Waals surface area contributed by atoms with Crippen molar-refractivity contribution in [2.45, 2.75) is 31.8 Å². The molecule has 5 nitrogen and oxygen atoms in total. The maximum Gasteiger partial charge on any atom is 0.137 e. The largest absolute Gasteiger partial charge is 0.395 e. The first kappa shape index (κ1) is 18.2. The molecule has 1 aromatic carbocycles. The van der Waals surface area contributed by atoms with Crippen LogP contribution in [0.25, 0.3) is 11.0 Å². The zero-order valence-corrected chi connectivity index (χ0v) is 15.7. The first-order chi connectivity index (χ1) is 13.3. The van der Waals surface area contributed by atoms with Gasteiger partial charge in [0.05, 0.1) is 6.61 Å². The lowest BCUT2D eigenvalue weighted by Crippen LogP contribution is -2.30. The minimum absolute atomic E-state index is 0.160. The number of benzene rings is 1. The van der Waals surface area contributed by atoms with Crippen molar-refractivity contribution in [3.8, 4) is 0 Å². The molecule has 0 amide bonds. The van der Waals surface area contributed by atoms with Crippen molar-refractivity contribution in [3.63, 3.8) is 0 Å². The van der Waals surface area contributed by atoms with Crippen molar-refractivity contribution < 1.29 is 5.11 Å². The van der Waals surface area contributed by atoms with Gasteiger partial charge in [0.15, 0.2) is 0 Å². The van der Waals surface area contributed by atoms with Crippen LogP contribution in [0.15, 0.2) is 48.7 Å². The van der Waals surface area contributed by atoms with Crippen molar-refractivity contribution in [2.75, 3.05) is 26.2 Å². The molecule has 3 N–H and O–H groups in total. The van der Waals surface area contributed by atoms with Gasteiger partial charge in [-0.2, -0.15) is 0 Å². The predicted octanol–water partition coefficient (Wildman–Crippen LogP) is 3.02. The van der Waals surface area contributed by atoms with Crippen molar-refractivity contribution in [2.24, 2.45) is 0 Å². The lowest BCUT2D eigenvalue weighted by molar-refractivity contribution is 0.184. The summed E-state index contributed by atoms with van der Waals surface area (Å²) < 4.78 is 0.